The summed E-state index contributed by atoms with van der Waals surface area (Å²) in [7, 11) is 0.239. The lowest BCUT2D eigenvalue weighted by molar-refractivity contribution is 0.0692. The van der Waals surface area contributed by atoms with E-state index in [9.17, 15) is 22.8 Å². The number of methoxy groups -OCH3 is 1. The van der Waals surface area contributed by atoms with E-state index < -0.39 is 27.7 Å². The first-order chi connectivity index (χ1) is 16.6. The van der Waals surface area contributed by atoms with Gasteiger partial charge in [-0.1, -0.05) is 18.2 Å². The quantitative estimate of drug-likeness (QED) is 0.527. The minimum atomic E-state index is -4.01. The van der Waals surface area contributed by atoms with Crippen molar-refractivity contribution in [2.24, 2.45) is 0 Å². The number of hydrogen-bond donors (Lipinski definition) is 1. The Kier molecular flexibility index (Phi) is 6.08. The molecule has 180 valence electrons. The fourth-order valence-electron chi connectivity index (χ4n) is 3.82. The molecule has 0 saturated heterocycles. The second-order valence-electron chi connectivity index (χ2n) is 8.00. The van der Waals surface area contributed by atoms with Crippen LogP contribution in [0.5, 0.6) is 5.75 Å². The topological polar surface area (TPSA) is 113 Å². The molecule has 0 fully saturated rings. The smallest absolute Gasteiger partial charge is 0.264 e. The molecule has 35 heavy (non-hydrogen) atoms. The van der Waals surface area contributed by atoms with E-state index in [1.165, 1.54) is 51.5 Å². The average molecular weight is 494 g/mol. The highest BCUT2D eigenvalue weighted by atomic mass is 32.2. The highest BCUT2D eigenvalue weighted by molar-refractivity contribution is 7.92. The van der Waals surface area contributed by atoms with Crippen LogP contribution in [0.2, 0.25) is 0 Å². The molecule has 0 saturated carbocycles. The Balaban J connectivity index is 1.64. The van der Waals surface area contributed by atoms with E-state index in [1.807, 2.05) is 0 Å². The number of nitrogens with one attached hydrogen (secondary N) is 1. The Labute approximate surface area is 203 Å². The third-order valence-electron chi connectivity index (χ3n) is 5.88. The average Bonchev–Trinajstić information content (AvgIpc) is 3.07. The van der Waals surface area contributed by atoms with E-state index in [0.29, 0.717) is 22.7 Å². The number of rotatable bonds is 6. The molecule has 1 N–H and O–H groups in total. The fourth-order valence-corrected chi connectivity index (χ4v) is 5.05. The maximum absolute atomic E-state index is 13.3. The standard InChI is InChI=1S/C25H23N3O6S/c1-15-9-11-17(35(32,33)28(3)21-7-5-6-8-22(21)34-4)14-19(15)23(29)26-16-10-12-18-20(13-16)25(31)27(2)24(18)30/h5-14H,1-4H3,(H,26,29). The number of nitrogens with zero attached hydrogens (tertiary/aromatic N) is 2. The number of imide groups is 1. The van der Waals surface area contributed by atoms with E-state index >= 15 is 0 Å². The molecule has 3 aromatic rings. The normalized spacial score (nSPS) is 13.0. The molecule has 0 spiro atoms. The van der Waals surface area contributed by atoms with Crippen LogP contribution in [0.3, 0.4) is 0 Å². The number of anilines is 2. The number of ether oxygens (including phenoxy) is 1. The van der Waals surface area contributed by atoms with Gasteiger partial charge < -0.3 is 10.1 Å². The van der Waals surface area contributed by atoms with E-state index in [0.717, 1.165) is 9.21 Å². The van der Waals surface area contributed by atoms with Crippen LogP contribution >= 0.6 is 0 Å². The van der Waals surface area contributed by atoms with E-state index in [2.05, 4.69) is 5.32 Å². The first-order valence-electron chi connectivity index (χ1n) is 10.6. The van der Waals surface area contributed by atoms with Crippen LogP contribution in [0, 0.1) is 6.92 Å². The minimum Gasteiger partial charge on any atom is -0.495 e. The van der Waals surface area contributed by atoms with Gasteiger partial charge in [0.25, 0.3) is 27.7 Å². The number of sulfonamides is 1. The third kappa shape index (κ3) is 4.12. The van der Waals surface area contributed by atoms with Gasteiger partial charge in [0.1, 0.15) is 5.75 Å². The number of carbonyl (C=O) groups excluding carboxylic acids is 3. The molecular weight excluding hydrogens is 470 g/mol. The van der Waals surface area contributed by atoms with Gasteiger partial charge in [0.2, 0.25) is 0 Å². The number of benzene rings is 3. The molecule has 3 aromatic carbocycles. The number of hydrogen-bond acceptors (Lipinski definition) is 6. The monoisotopic (exact) mass is 493 g/mol. The molecule has 3 amide bonds. The number of amides is 3. The second-order valence-corrected chi connectivity index (χ2v) is 9.97. The Morgan fingerprint density at radius 2 is 1.66 bits per heavy atom. The number of carbonyl (C=O) groups is 3. The van der Waals surface area contributed by atoms with E-state index in [4.69, 9.17) is 4.74 Å². The van der Waals surface area contributed by atoms with Gasteiger partial charge in [0, 0.05) is 25.3 Å². The zero-order chi connectivity index (χ0) is 25.5. The van der Waals surface area contributed by atoms with E-state index in [1.54, 1.807) is 37.3 Å². The highest BCUT2D eigenvalue weighted by Crippen LogP contribution is 2.31. The zero-order valence-corrected chi connectivity index (χ0v) is 20.3. The van der Waals surface area contributed by atoms with Crippen LogP contribution in [0.25, 0.3) is 0 Å². The van der Waals surface area contributed by atoms with Gasteiger partial charge in [0.05, 0.1) is 28.8 Å². The van der Waals surface area contributed by atoms with Crippen molar-refractivity contribution in [3.8, 4) is 5.75 Å². The predicted molar refractivity (Wildman–Crippen MR) is 131 cm³/mol. The first-order valence-corrected chi connectivity index (χ1v) is 12.0. The van der Waals surface area contributed by atoms with Gasteiger partial charge >= 0.3 is 0 Å². The summed E-state index contributed by atoms with van der Waals surface area (Å²) in [6, 6.07) is 15.4. The minimum absolute atomic E-state index is 0.0713. The molecule has 1 heterocycles. The van der Waals surface area contributed by atoms with Crippen LogP contribution in [-0.2, 0) is 10.0 Å². The van der Waals surface area contributed by atoms with Crippen LogP contribution in [0.15, 0.2) is 65.6 Å². The summed E-state index contributed by atoms with van der Waals surface area (Å²) in [5, 5.41) is 2.69. The van der Waals surface area contributed by atoms with Crippen molar-refractivity contribution in [1.82, 2.24) is 4.90 Å². The van der Waals surface area contributed by atoms with Gasteiger partial charge in [-0.15, -0.1) is 0 Å². The third-order valence-corrected chi connectivity index (χ3v) is 7.65. The van der Waals surface area contributed by atoms with Crippen LogP contribution in [0.4, 0.5) is 11.4 Å². The number of aryl methyl sites for hydroxylation is 1. The lowest BCUT2D eigenvalue weighted by Crippen LogP contribution is -2.27. The molecule has 0 bridgehead atoms. The Hall–Kier alpha value is -4.18. The van der Waals surface area contributed by atoms with Crippen molar-refractivity contribution in [2.75, 3.05) is 30.8 Å². The van der Waals surface area contributed by atoms with Gasteiger partial charge in [-0.05, 0) is 55.0 Å². The van der Waals surface area contributed by atoms with Crippen molar-refractivity contribution >= 4 is 39.1 Å². The summed E-state index contributed by atoms with van der Waals surface area (Å²) >= 11 is 0. The maximum Gasteiger partial charge on any atom is 0.264 e. The van der Waals surface area contributed by atoms with Crippen LogP contribution in [0.1, 0.15) is 36.6 Å². The fraction of sp³-hybridized carbons (Fsp3) is 0.160. The van der Waals surface area contributed by atoms with Crippen molar-refractivity contribution in [3.05, 3.63) is 82.9 Å². The van der Waals surface area contributed by atoms with Gasteiger partial charge in [0.15, 0.2) is 0 Å². The van der Waals surface area contributed by atoms with Crippen molar-refractivity contribution in [3.63, 3.8) is 0 Å². The summed E-state index contributed by atoms with van der Waals surface area (Å²) in [6.45, 7) is 1.69. The van der Waals surface area contributed by atoms with Crippen molar-refractivity contribution in [2.45, 2.75) is 11.8 Å². The molecule has 10 heteroatoms. The lowest BCUT2D eigenvalue weighted by Gasteiger charge is -2.22. The Morgan fingerprint density at radius 1 is 0.971 bits per heavy atom. The molecule has 0 unspecified atom stereocenters. The first kappa shape index (κ1) is 24.0. The molecule has 1 aliphatic heterocycles. The largest absolute Gasteiger partial charge is 0.495 e. The summed E-state index contributed by atoms with van der Waals surface area (Å²) in [5.74, 6) is -1.02. The lowest BCUT2D eigenvalue weighted by atomic mass is 10.1. The molecular formula is C25H23N3O6S. The Bertz CT molecular complexity index is 1480. The summed E-state index contributed by atoms with van der Waals surface area (Å²) in [6.07, 6.45) is 0. The number of para-hydroxylation sites is 2. The molecule has 1 aliphatic rings. The zero-order valence-electron chi connectivity index (χ0n) is 19.5. The molecule has 0 aliphatic carbocycles. The SMILES string of the molecule is COc1ccccc1N(C)S(=O)(=O)c1ccc(C)c(C(=O)Nc2ccc3c(c2)C(=O)N(C)C3=O)c1. The van der Waals surface area contributed by atoms with Gasteiger partial charge in [-0.3, -0.25) is 23.6 Å². The van der Waals surface area contributed by atoms with Crippen molar-refractivity contribution in [1.29, 1.82) is 0 Å². The van der Waals surface area contributed by atoms with Crippen molar-refractivity contribution < 1.29 is 27.5 Å². The van der Waals surface area contributed by atoms with Crippen LogP contribution < -0.4 is 14.4 Å². The van der Waals surface area contributed by atoms with Gasteiger partial charge in [-0.2, -0.15) is 0 Å². The Morgan fingerprint density at radius 3 is 2.37 bits per heavy atom. The number of fused-ring (bicyclic) bond motifs is 1. The summed E-state index contributed by atoms with van der Waals surface area (Å²) in [4.78, 5) is 38.3. The summed E-state index contributed by atoms with van der Waals surface area (Å²) in [5.41, 5.74) is 1.84. The molecule has 9 nitrogen and oxygen atoms in total. The molecule has 0 atom stereocenters. The highest BCUT2D eigenvalue weighted by Gasteiger charge is 2.33. The molecule has 0 aromatic heterocycles. The molecule has 0 radical (unpaired) electrons. The second kappa shape index (κ2) is 8.88. The maximum atomic E-state index is 13.3. The predicted octanol–water partition coefficient (Wildman–Crippen LogP) is 3.31. The van der Waals surface area contributed by atoms with E-state index in [-0.39, 0.29) is 21.6 Å². The summed E-state index contributed by atoms with van der Waals surface area (Å²) < 4.78 is 33.0. The molecule has 4 rings (SSSR count). The van der Waals surface area contributed by atoms with Crippen LogP contribution in [-0.4, -0.2) is 52.2 Å². The van der Waals surface area contributed by atoms with Gasteiger partial charge in [-0.25, -0.2) is 8.42 Å².